The molecule has 0 aliphatic rings. The highest BCUT2D eigenvalue weighted by Gasteiger charge is 2.18. The van der Waals surface area contributed by atoms with Crippen molar-refractivity contribution in [2.24, 2.45) is 0 Å². The van der Waals surface area contributed by atoms with Gasteiger partial charge in [0.15, 0.2) is 11.6 Å². The minimum absolute atomic E-state index is 0.0808. The topological polar surface area (TPSA) is 78.9 Å². The fourth-order valence-electron chi connectivity index (χ4n) is 1.75. The van der Waals surface area contributed by atoms with Crippen LogP contribution >= 0.6 is 0 Å². The van der Waals surface area contributed by atoms with Gasteiger partial charge in [-0.1, -0.05) is 0 Å². The number of amides is 2. The molecule has 1 aromatic rings. The molecule has 0 saturated carbocycles. The third-order valence-electron chi connectivity index (χ3n) is 2.85. The summed E-state index contributed by atoms with van der Waals surface area (Å²) in [6, 6.07) is 3.41. The Morgan fingerprint density at radius 1 is 1.43 bits per heavy atom. The van der Waals surface area contributed by atoms with Gasteiger partial charge in [-0.25, -0.2) is 9.18 Å². The lowest BCUT2D eigenvalue weighted by Crippen LogP contribution is -2.41. The number of aliphatic carboxylic acids is 1. The maximum absolute atomic E-state index is 13.5. The van der Waals surface area contributed by atoms with Gasteiger partial charge in [0.05, 0.1) is 13.5 Å². The molecule has 0 fully saturated rings. The van der Waals surface area contributed by atoms with Crippen molar-refractivity contribution < 1.29 is 23.8 Å². The molecule has 0 aliphatic heterocycles. The third-order valence-corrected chi connectivity index (χ3v) is 2.85. The number of halogens is 1. The lowest BCUT2D eigenvalue weighted by molar-refractivity contribution is -0.137. The van der Waals surface area contributed by atoms with E-state index in [1.807, 2.05) is 0 Å². The summed E-state index contributed by atoms with van der Waals surface area (Å²) in [5, 5.41) is 11.2. The van der Waals surface area contributed by atoms with Gasteiger partial charge in [0, 0.05) is 24.3 Å². The summed E-state index contributed by atoms with van der Waals surface area (Å²) in [5.74, 6) is -1.49. The number of rotatable bonds is 6. The van der Waals surface area contributed by atoms with Crippen LogP contribution in [0.5, 0.6) is 5.75 Å². The molecule has 6 nitrogen and oxygen atoms in total. The Kier molecular flexibility index (Phi) is 5.95. The van der Waals surface area contributed by atoms with Crippen LogP contribution in [0.2, 0.25) is 0 Å². The number of carbonyl (C=O) groups is 2. The van der Waals surface area contributed by atoms with E-state index in [9.17, 15) is 14.0 Å². The molecule has 0 radical (unpaired) electrons. The molecule has 0 unspecified atom stereocenters. The maximum atomic E-state index is 13.5. The standard InChI is InChI=1S/C14H19FN2O4/c1-9(2)17(7-6-13(18)19)14(20)16-10-4-5-12(21-3)11(15)8-10/h4-5,8-9H,6-7H2,1-3H3,(H,16,20)(H,18,19). The summed E-state index contributed by atoms with van der Waals surface area (Å²) in [6.45, 7) is 3.63. The molecule has 1 rings (SSSR count). The lowest BCUT2D eigenvalue weighted by Gasteiger charge is -2.26. The molecule has 116 valence electrons. The van der Waals surface area contributed by atoms with Crippen molar-refractivity contribution in [2.75, 3.05) is 19.0 Å². The molecule has 0 atom stereocenters. The van der Waals surface area contributed by atoms with Gasteiger partial charge >= 0.3 is 12.0 Å². The van der Waals surface area contributed by atoms with Gasteiger partial charge in [-0.15, -0.1) is 0 Å². The Morgan fingerprint density at radius 2 is 2.10 bits per heavy atom. The highest BCUT2D eigenvalue weighted by molar-refractivity contribution is 5.89. The van der Waals surface area contributed by atoms with E-state index < -0.39 is 17.8 Å². The molecule has 0 saturated heterocycles. The number of hydrogen-bond donors (Lipinski definition) is 2. The van der Waals surface area contributed by atoms with Crippen LogP contribution in [0, 0.1) is 5.82 Å². The van der Waals surface area contributed by atoms with Crippen LogP contribution in [-0.4, -0.2) is 41.7 Å². The van der Waals surface area contributed by atoms with Crippen LogP contribution in [0.15, 0.2) is 18.2 Å². The molecule has 0 aromatic heterocycles. The van der Waals surface area contributed by atoms with E-state index in [-0.39, 0.29) is 30.4 Å². The maximum Gasteiger partial charge on any atom is 0.322 e. The molecule has 2 amide bonds. The van der Waals surface area contributed by atoms with Crippen LogP contribution in [0.1, 0.15) is 20.3 Å². The molecule has 0 aliphatic carbocycles. The highest BCUT2D eigenvalue weighted by atomic mass is 19.1. The Bertz CT molecular complexity index is 520. The molecular weight excluding hydrogens is 279 g/mol. The van der Waals surface area contributed by atoms with E-state index in [0.29, 0.717) is 0 Å². The number of carbonyl (C=O) groups excluding carboxylic acids is 1. The Morgan fingerprint density at radius 3 is 2.57 bits per heavy atom. The van der Waals surface area contributed by atoms with Gasteiger partial charge in [0.1, 0.15) is 0 Å². The highest BCUT2D eigenvalue weighted by Crippen LogP contribution is 2.21. The summed E-state index contributed by atoms with van der Waals surface area (Å²) in [6.07, 6.45) is -0.150. The second kappa shape index (κ2) is 7.47. The first-order valence-corrected chi connectivity index (χ1v) is 6.48. The zero-order valence-corrected chi connectivity index (χ0v) is 12.2. The molecule has 21 heavy (non-hydrogen) atoms. The van der Waals surface area contributed by atoms with Gasteiger partial charge in [0.25, 0.3) is 0 Å². The molecule has 0 bridgehead atoms. The second-order valence-corrected chi connectivity index (χ2v) is 4.71. The second-order valence-electron chi connectivity index (χ2n) is 4.71. The minimum atomic E-state index is -0.982. The molecule has 7 heteroatoms. The predicted molar refractivity (Wildman–Crippen MR) is 76.1 cm³/mol. The number of anilines is 1. The van der Waals surface area contributed by atoms with Gasteiger partial charge in [-0.05, 0) is 26.0 Å². The summed E-state index contributed by atoms with van der Waals surface area (Å²) in [7, 11) is 1.35. The molecule has 2 N–H and O–H groups in total. The average Bonchev–Trinajstić information content (AvgIpc) is 2.38. The molecular formula is C14H19FN2O4. The lowest BCUT2D eigenvalue weighted by atomic mass is 10.2. The van der Waals surface area contributed by atoms with E-state index in [2.05, 4.69) is 5.32 Å². The van der Waals surface area contributed by atoms with E-state index in [0.717, 1.165) is 6.07 Å². The van der Waals surface area contributed by atoms with Crippen molar-refractivity contribution >= 4 is 17.7 Å². The van der Waals surface area contributed by atoms with Crippen LogP contribution in [0.3, 0.4) is 0 Å². The normalized spacial score (nSPS) is 10.3. The van der Waals surface area contributed by atoms with Crippen molar-refractivity contribution in [1.29, 1.82) is 0 Å². The van der Waals surface area contributed by atoms with Crippen molar-refractivity contribution in [1.82, 2.24) is 4.90 Å². The number of carboxylic acid groups (broad SMARTS) is 1. The first kappa shape index (κ1) is 16.7. The molecule has 0 heterocycles. The first-order valence-electron chi connectivity index (χ1n) is 6.48. The van der Waals surface area contributed by atoms with Gasteiger partial charge in [0.2, 0.25) is 0 Å². The SMILES string of the molecule is COc1ccc(NC(=O)N(CCC(=O)O)C(C)C)cc1F. The number of ether oxygens (including phenoxy) is 1. The zero-order chi connectivity index (χ0) is 16.0. The largest absolute Gasteiger partial charge is 0.494 e. The smallest absolute Gasteiger partial charge is 0.322 e. The van der Waals surface area contributed by atoms with Crippen LogP contribution in [0.4, 0.5) is 14.9 Å². The summed E-state index contributed by atoms with van der Waals surface area (Å²) >= 11 is 0. The van der Waals surface area contributed by atoms with E-state index in [1.54, 1.807) is 13.8 Å². The van der Waals surface area contributed by atoms with Crippen molar-refractivity contribution in [3.8, 4) is 5.75 Å². The Balaban J connectivity index is 2.76. The van der Waals surface area contributed by atoms with Crippen molar-refractivity contribution in [3.05, 3.63) is 24.0 Å². The Labute approximate surface area is 122 Å². The first-order chi connectivity index (χ1) is 9.85. The molecule has 0 spiro atoms. The van der Waals surface area contributed by atoms with E-state index >= 15 is 0 Å². The van der Waals surface area contributed by atoms with Gasteiger partial charge < -0.3 is 20.1 Å². The number of hydrogen-bond acceptors (Lipinski definition) is 3. The van der Waals surface area contributed by atoms with E-state index in [4.69, 9.17) is 9.84 Å². The van der Waals surface area contributed by atoms with Gasteiger partial charge in [-0.3, -0.25) is 4.79 Å². The van der Waals surface area contributed by atoms with Crippen molar-refractivity contribution in [3.63, 3.8) is 0 Å². The minimum Gasteiger partial charge on any atom is -0.494 e. The van der Waals surface area contributed by atoms with Gasteiger partial charge in [-0.2, -0.15) is 0 Å². The fourth-order valence-corrected chi connectivity index (χ4v) is 1.75. The fraction of sp³-hybridized carbons (Fsp3) is 0.429. The van der Waals surface area contributed by atoms with Crippen LogP contribution in [0.25, 0.3) is 0 Å². The zero-order valence-electron chi connectivity index (χ0n) is 12.2. The van der Waals surface area contributed by atoms with E-state index in [1.165, 1.54) is 24.1 Å². The number of urea groups is 1. The van der Waals surface area contributed by atoms with Crippen LogP contribution in [-0.2, 0) is 4.79 Å². The quantitative estimate of drug-likeness (QED) is 0.846. The number of nitrogens with zero attached hydrogens (tertiary/aromatic N) is 1. The summed E-state index contributed by atoms with van der Waals surface area (Å²) in [5.41, 5.74) is 0.277. The number of benzene rings is 1. The summed E-state index contributed by atoms with van der Waals surface area (Å²) in [4.78, 5) is 24.1. The third kappa shape index (κ3) is 4.94. The number of nitrogens with one attached hydrogen (secondary N) is 1. The number of carboxylic acids is 1. The van der Waals surface area contributed by atoms with Crippen molar-refractivity contribution in [2.45, 2.75) is 26.3 Å². The number of methoxy groups -OCH3 is 1. The monoisotopic (exact) mass is 298 g/mol. The Hall–Kier alpha value is -2.31. The summed E-state index contributed by atoms with van der Waals surface area (Å²) < 4.78 is 18.3. The molecule has 1 aromatic carbocycles. The predicted octanol–water partition coefficient (Wildman–Crippen LogP) is 2.55. The van der Waals surface area contributed by atoms with Crippen LogP contribution < -0.4 is 10.1 Å². The average molecular weight is 298 g/mol.